The average Bonchev–Trinajstić information content (AvgIpc) is 2.97. The molecule has 0 amide bonds. The van der Waals surface area contributed by atoms with Crippen LogP contribution in [0.25, 0.3) is 0 Å². The molecule has 2 nitrogen and oxygen atoms in total. The molecule has 21 heavy (non-hydrogen) atoms. The Balaban J connectivity index is 2.79. The summed E-state index contributed by atoms with van der Waals surface area (Å²) >= 11 is 0. The largest absolute Gasteiger partial charge is 0.312 e. The van der Waals surface area contributed by atoms with Crippen molar-refractivity contribution < 1.29 is 0 Å². The fourth-order valence-corrected chi connectivity index (χ4v) is 4.03. The lowest BCUT2D eigenvalue weighted by Crippen LogP contribution is -2.54. The lowest BCUT2D eigenvalue weighted by atomic mass is 9.95. The van der Waals surface area contributed by atoms with Gasteiger partial charge in [0.05, 0.1) is 0 Å². The van der Waals surface area contributed by atoms with Crippen LogP contribution >= 0.6 is 0 Å². The highest BCUT2D eigenvalue weighted by atomic mass is 15.2. The van der Waals surface area contributed by atoms with Crippen LogP contribution in [0.4, 0.5) is 0 Å². The lowest BCUT2D eigenvalue weighted by molar-refractivity contribution is 0.0851. The van der Waals surface area contributed by atoms with E-state index in [1.807, 2.05) is 0 Å². The Labute approximate surface area is 134 Å². The Morgan fingerprint density at radius 2 is 1.71 bits per heavy atom. The number of rotatable bonds is 11. The molecule has 0 bridgehead atoms. The molecule has 1 fully saturated rings. The zero-order chi connectivity index (χ0) is 15.7. The Kier molecular flexibility index (Phi) is 9.59. The number of nitrogens with one attached hydrogen (secondary N) is 1. The summed E-state index contributed by atoms with van der Waals surface area (Å²) in [5.74, 6) is 0.771. The maximum absolute atomic E-state index is 3.86. The Morgan fingerprint density at radius 3 is 2.19 bits per heavy atom. The highest BCUT2D eigenvalue weighted by Crippen LogP contribution is 2.28. The van der Waals surface area contributed by atoms with E-state index < -0.39 is 0 Å². The van der Waals surface area contributed by atoms with Crippen molar-refractivity contribution in [2.45, 2.75) is 104 Å². The maximum Gasteiger partial charge on any atom is 0.0249 e. The van der Waals surface area contributed by atoms with Gasteiger partial charge < -0.3 is 5.32 Å². The topological polar surface area (TPSA) is 15.3 Å². The lowest BCUT2D eigenvalue weighted by Gasteiger charge is -2.42. The zero-order valence-corrected chi connectivity index (χ0v) is 15.3. The number of hydrogen-bond donors (Lipinski definition) is 1. The minimum absolute atomic E-state index is 0.680. The molecule has 1 aliphatic rings. The molecule has 1 rings (SSSR count). The molecule has 0 spiro atoms. The molecule has 0 saturated heterocycles. The average molecular weight is 297 g/mol. The van der Waals surface area contributed by atoms with Gasteiger partial charge in [-0.2, -0.15) is 0 Å². The van der Waals surface area contributed by atoms with Gasteiger partial charge in [-0.15, -0.1) is 0 Å². The molecule has 2 heteroatoms. The van der Waals surface area contributed by atoms with Gasteiger partial charge in [-0.25, -0.2) is 0 Å². The van der Waals surface area contributed by atoms with Crippen LogP contribution in [0, 0.1) is 5.92 Å². The van der Waals surface area contributed by atoms with Crippen molar-refractivity contribution in [2.24, 2.45) is 5.92 Å². The van der Waals surface area contributed by atoms with Crippen LogP contribution in [-0.2, 0) is 0 Å². The van der Waals surface area contributed by atoms with E-state index in [0.717, 1.165) is 18.0 Å². The van der Waals surface area contributed by atoms with Crippen LogP contribution in [0.1, 0.15) is 86.0 Å². The van der Waals surface area contributed by atoms with Gasteiger partial charge in [0.2, 0.25) is 0 Å². The van der Waals surface area contributed by atoms with E-state index in [4.69, 9.17) is 0 Å². The second kappa shape index (κ2) is 10.6. The van der Waals surface area contributed by atoms with E-state index in [2.05, 4.69) is 44.8 Å². The van der Waals surface area contributed by atoms with E-state index in [9.17, 15) is 0 Å². The Bertz CT molecular complexity index is 246. The van der Waals surface area contributed by atoms with Gasteiger partial charge in [0.25, 0.3) is 0 Å². The third-order valence-corrected chi connectivity index (χ3v) is 4.93. The molecular weight excluding hydrogens is 256 g/mol. The summed E-state index contributed by atoms with van der Waals surface area (Å²) in [4.78, 5) is 2.89. The SMILES string of the molecule is CCCNC(CCC)C(CC)N(CC(C)C)C1CCCC1. The summed E-state index contributed by atoms with van der Waals surface area (Å²) in [6.45, 7) is 14.2. The summed E-state index contributed by atoms with van der Waals surface area (Å²) in [6, 6.07) is 2.25. The van der Waals surface area contributed by atoms with Crippen LogP contribution in [0.2, 0.25) is 0 Å². The van der Waals surface area contributed by atoms with Gasteiger partial charge in [-0.05, 0) is 44.6 Å². The zero-order valence-electron chi connectivity index (χ0n) is 15.3. The number of nitrogens with zero attached hydrogens (tertiary/aromatic N) is 1. The molecule has 0 aromatic heterocycles. The van der Waals surface area contributed by atoms with Gasteiger partial charge in [-0.1, -0.05) is 53.9 Å². The van der Waals surface area contributed by atoms with Crippen molar-refractivity contribution in [1.29, 1.82) is 0 Å². The molecule has 0 aromatic rings. The van der Waals surface area contributed by atoms with Crippen LogP contribution < -0.4 is 5.32 Å². The third-order valence-electron chi connectivity index (χ3n) is 4.93. The first-order valence-electron chi connectivity index (χ1n) is 9.63. The predicted octanol–water partition coefficient (Wildman–Crippen LogP) is 4.83. The summed E-state index contributed by atoms with van der Waals surface area (Å²) in [6.07, 6.45) is 10.9. The van der Waals surface area contributed by atoms with Crippen molar-refractivity contribution >= 4 is 0 Å². The van der Waals surface area contributed by atoms with Gasteiger partial charge in [0.15, 0.2) is 0 Å². The van der Waals surface area contributed by atoms with Crippen LogP contribution in [0.3, 0.4) is 0 Å². The van der Waals surface area contributed by atoms with Crippen molar-refractivity contribution in [2.75, 3.05) is 13.1 Å². The summed E-state index contributed by atoms with van der Waals surface area (Å²) in [5, 5.41) is 3.86. The van der Waals surface area contributed by atoms with Gasteiger partial charge in [0, 0.05) is 24.7 Å². The molecule has 1 N–H and O–H groups in total. The van der Waals surface area contributed by atoms with E-state index >= 15 is 0 Å². The smallest absolute Gasteiger partial charge is 0.0249 e. The Morgan fingerprint density at radius 1 is 1.05 bits per heavy atom. The quantitative estimate of drug-likeness (QED) is 0.587. The molecule has 0 aromatic carbocycles. The van der Waals surface area contributed by atoms with Crippen LogP contribution in [0.5, 0.6) is 0 Å². The van der Waals surface area contributed by atoms with Crippen LogP contribution in [-0.4, -0.2) is 36.1 Å². The van der Waals surface area contributed by atoms with E-state index in [-0.39, 0.29) is 0 Å². The molecule has 2 unspecified atom stereocenters. The monoisotopic (exact) mass is 296 g/mol. The first-order chi connectivity index (χ1) is 10.1. The van der Waals surface area contributed by atoms with Gasteiger partial charge >= 0.3 is 0 Å². The minimum atomic E-state index is 0.680. The highest BCUT2D eigenvalue weighted by molar-refractivity contribution is 4.89. The third kappa shape index (κ3) is 6.28. The first kappa shape index (κ1) is 19.0. The van der Waals surface area contributed by atoms with Crippen molar-refractivity contribution in [3.8, 4) is 0 Å². The summed E-state index contributed by atoms with van der Waals surface area (Å²) < 4.78 is 0. The fourth-order valence-electron chi connectivity index (χ4n) is 4.03. The highest BCUT2D eigenvalue weighted by Gasteiger charge is 2.32. The van der Waals surface area contributed by atoms with Crippen molar-refractivity contribution in [3.63, 3.8) is 0 Å². The second-order valence-corrected chi connectivity index (χ2v) is 7.35. The molecule has 0 heterocycles. The van der Waals surface area contributed by atoms with E-state index in [1.165, 1.54) is 64.5 Å². The molecule has 0 radical (unpaired) electrons. The van der Waals surface area contributed by atoms with Crippen molar-refractivity contribution in [1.82, 2.24) is 10.2 Å². The molecule has 0 aliphatic heterocycles. The van der Waals surface area contributed by atoms with Gasteiger partial charge in [-0.3, -0.25) is 4.90 Å². The molecule has 1 aliphatic carbocycles. The normalized spacial score (nSPS) is 19.6. The summed E-state index contributed by atoms with van der Waals surface area (Å²) in [7, 11) is 0. The maximum atomic E-state index is 3.86. The van der Waals surface area contributed by atoms with E-state index in [0.29, 0.717) is 6.04 Å². The fraction of sp³-hybridized carbons (Fsp3) is 1.00. The molecule has 126 valence electrons. The number of hydrogen-bond acceptors (Lipinski definition) is 2. The van der Waals surface area contributed by atoms with E-state index in [1.54, 1.807) is 0 Å². The molecule has 1 saturated carbocycles. The molecular formula is C19H40N2. The minimum Gasteiger partial charge on any atom is -0.312 e. The molecule has 2 atom stereocenters. The van der Waals surface area contributed by atoms with Gasteiger partial charge in [0.1, 0.15) is 0 Å². The second-order valence-electron chi connectivity index (χ2n) is 7.35. The summed E-state index contributed by atoms with van der Waals surface area (Å²) in [5.41, 5.74) is 0. The van der Waals surface area contributed by atoms with Crippen molar-refractivity contribution in [3.05, 3.63) is 0 Å². The Hall–Kier alpha value is -0.0800. The predicted molar refractivity (Wildman–Crippen MR) is 94.9 cm³/mol. The first-order valence-corrected chi connectivity index (χ1v) is 9.63. The standard InChI is InChI=1S/C19H40N2/c1-6-11-18(20-14-7-2)19(8-3)21(15-16(4)5)17-12-9-10-13-17/h16-20H,6-15H2,1-5H3. The van der Waals surface area contributed by atoms with Crippen LogP contribution in [0.15, 0.2) is 0 Å².